The van der Waals surface area contributed by atoms with Crippen LogP contribution in [0.3, 0.4) is 0 Å². The summed E-state index contributed by atoms with van der Waals surface area (Å²) in [6, 6.07) is 4.00. The van der Waals surface area contributed by atoms with Gasteiger partial charge in [0.25, 0.3) is 0 Å². The molecule has 0 spiro atoms. The summed E-state index contributed by atoms with van der Waals surface area (Å²) in [7, 11) is 0. The van der Waals surface area contributed by atoms with Gasteiger partial charge < -0.3 is 14.6 Å². The predicted octanol–water partition coefficient (Wildman–Crippen LogP) is 3.69. The molecule has 0 aliphatic heterocycles. The van der Waals surface area contributed by atoms with E-state index in [1.807, 2.05) is 0 Å². The van der Waals surface area contributed by atoms with Gasteiger partial charge in [0.2, 0.25) is 0 Å². The number of amides is 1. The summed E-state index contributed by atoms with van der Waals surface area (Å²) in [4.78, 5) is 24.0. The van der Waals surface area contributed by atoms with E-state index in [9.17, 15) is 14.7 Å². The molecule has 0 aliphatic rings. The summed E-state index contributed by atoms with van der Waals surface area (Å²) in [5.41, 5.74) is -1.08. The fraction of sp³-hybridized carbons (Fsp3) is 0.500. The lowest BCUT2D eigenvalue weighted by Crippen LogP contribution is -2.28. The van der Waals surface area contributed by atoms with Gasteiger partial charge >= 0.3 is 12.1 Å². The van der Waals surface area contributed by atoms with Crippen molar-refractivity contribution in [1.29, 1.82) is 0 Å². The second-order valence-electron chi connectivity index (χ2n) is 6.86. The largest absolute Gasteiger partial charge is 0.508 e. The van der Waals surface area contributed by atoms with E-state index in [2.05, 4.69) is 5.32 Å². The third-order valence-electron chi connectivity index (χ3n) is 2.26. The molecular weight excluding hydrogens is 286 g/mol. The molecule has 0 bridgehead atoms. The highest BCUT2D eigenvalue weighted by molar-refractivity contribution is 6.00. The lowest BCUT2D eigenvalue weighted by atomic mass is 10.1. The number of benzene rings is 1. The van der Waals surface area contributed by atoms with Crippen LogP contribution in [0.2, 0.25) is 0 Å². The molecule has 1 aromatic rings. The van der Waals surface area contributed by atoms with E-state index in [1.54, 1.807) is 41.5 Å². The SMILES string of the molecule is CC(C)(C)OC(=O)Nc1cc(O)ccc1C(=O)OC(C)(C)C. The fourth-order valence-electron chi connectivity index (χ4n) is 1.56. The number of nitrogens with one attached hydrogen (secondary N) is 1. The van der Waals surface area contributed by atoms with Crippen LogP contribution in [0.4, 0.5) is 10.5 Å². The minimum atomic E-state index is -0.720. The van der Waals surface area contributed by atoms with Gasteiger partial charge in [-0.05, 0) is 53.7 Å². The van der Waals surface area contributed by atoms with Crippen molar-refractivity contribution in [2.75, 3.05) is 5.32 Å². The molecule has 122 valence electrons. The number of hydrogen-bond donors (Lipinski definition) is 2. The summed E-state index contributed by atoms with van der Waals surface area (Å²) in [6.45, 7) is 10.4. The molecule has 6 nitrogen and oxygen atoms in total. The van der Waals surface area contributed by atoms with Gasteiger partial charge in [0.1, 0.15) is 17.0 Å². The van der Waals surface area contributed by atoms with Gasteiger partial charge in [0, 0.05) is 6.07 Å². The van der Waals surface area contributed by atoms with Crippen LogP contribution in [-0.4, -0.2) is 28.4 Å². The van der Waals surface area contributed by atoms with Crippen LogP contribution in [0.15, 0.2) is 18.2 Å². The Kier molecular flexibility index (Phi) is 5.06. The van der Waals surface area contributed by atoms with Crippen LogP contribution in [0.5, 0.6) is 5.75 Å². The van der Waals surface area contributed by atoms with Gasteiger partial charge in [-0.1, -0.05) is 0 Å². The highest BCUT2D eigenvalue weighted by Crippen LogP contribution is 2.25. The molecule has 0 saturated carbocycles. The Morgan fingerprint density at radius 1 is 1.00 bits per heavy atom. The summed E-state index contributed by atoms with van der Waals surface area (Å²) < 4.78 is 10.4. The van der Waals surface area contributed by atoms with E-state index in [-0.39, 0.29) is 17.0 Å². The number of anilines is 1. The molecule has 0 aromatic heterocycles. The third kappa shape index (κ3) is 6.03. The Morgan fingerprint density at radius 3 is 2.05 bits per heavy atom. The van der Waals surface area contributed by atoms with Crippen molar-refractivity contribution in [2.45, 2.75) is 52.7 Å². The number of carbonyl (C=O) groups is 2. The summed E-state index contributed by atoms with van der Waals surface area (Å²) >= 11 is 0. The first-order chi connectivity index (χ1) is 9.87. The second-order valence-corrected chi connectivity index (χ2v) is 6.86. The fourth-order valence-corrected chi connectivity index (χ4v) is 1.56. The molecule has 1 amide bonds. The maximum atomic E-state index is 12.2. The van der Waals surface area contributed by atoms with E-state index in [1.165, 1.54) is 18.2 Å². The molecule has 0 aliphatic carbocycles. The topological polar surface area (TPSA) is 84.9 Å². The summed E-state index contributed by atoms with van der Waals surface area (Å²) in [5, 5.41) is 12.0. The molecule has 22 heavy (non-hydrogen) atoms. The zero-order valence-corrected chi connectivity index (χ0v) is 13.8. The highest BCUT2D eigenvalue weighted by Gasteiger charge is 2.23. The number of ether oxygens (including phenoxy) is 2. The number of phenols is 1. The first-order valence-electron chi connectivity index (χ1n) is 6.94. The maximum Gasteiger partial charge on any atom is 0.412 e. The normalized spacial score (nSPS) is 11.7. The van der Waals surface area contributed by atoms with Crippen LogP contribution >= 0.6 is 0 Å². The van der Waals surface area contributed by atoms with E-state index in [0.29, 0.717) is 0 Å². The number of phenolic OH excluding ortho intramolecular Hbond substituents is 1. The zero-order valence-electron chi connectivity index (χ0n) is 13.8. The molecule has 0 radical (unpaired) electrons. The average molecular weight is 309 g/mol. The lowest BCUT2D eigenvalue weighted by Gasteiger charge is -2.22. The molecule has 0 saturated heterocycles. The minimum absolute atomic E-state index is 0.0848. The Morgan fingerprint density at radius 2 is 1.55 bits per heavy atom. The molecule has 6 heteroatoms. The van der Waals surface area contributed by atoms with Crippen molar-refractivity contribution in [1.82, 2.24) is 0 Å². The van der Waals surface area contributed by atoms with Crippen molar-refractivity contribution in [3.8, 4) is 5.75 Å². The Hall–Kier alpha value is -2.24. The predicted molar refractivity (Wildman–Crippen MR) is 83.1 cm³/mol. The van der Waals surface area contributed by atoms with E-state index in [4.69, 9.17) is 9.47 Å². The zero-order chi connectivity index (χ0) is 17.1. The van der Waals surface area contributed by atoms with Crippen LogP contribution in [0, 0.1) is 0 Å². The van der Waals surface area contributed by atoms with Gasteiger partial charge in [-0.2, -0.15) is 0 Å². The minimum Gasteiger partial charge on any atom is -0.508 e. The van der Waals surface area contributed by atoms with Crippen molar-refractivity contribution in [2.24, 2.45) is 0 Å². The van der Waals surface area contributed by atoms with Crippen molar-refractivity contribution < 1.29 is 24.2 Å². The Bertz CT molecular complexity index is 567. The number of hydrogen-bond acceptors (Lipinski definition) is 5. The number of rotatable bonds is 2. The van der Waals surface area contributed by atoms with E-state index >= 15 is 0 Å². The molecule has 0 heterocycles. The smallest absolute Gasteiger partial charge is 0.412 e. The monoisotopic (exact) mass is 309 g/mol. The number of aromatic hydroxyl groups is 1. The average Bonchev–Trinajstić information content (AvgIpc) is 2.23. The lowest BCUT2D eigenvalue weighted by molar-refractivity contribution is 0.00708. The Balaban J connectivity index is 3.01. The van der Waals surface area contributed by atoms with Crippen molar-refractivity contribution >= 4 is 17.7 Å². The van der Waals surface area contributed by atoms with Crippen molar-refractivity contribution in [3.63, 3.8) is 0 Å². The second kappa shape index (κ2) is 6.25. The van der Waals surface area contributed by atoms with E-state index < -0.39 is 23.3 Å². The highest BCUT2D eigenvalue weighted by atomic mass is 16.6. The van der Waals surface area contributed by atoms with Gasteiger partial charge in [-0.15, -0.1) is 0 Å². The summed E-state index contributed by atoms with van der Waals surface area (Å²) in [5.74, 6) is -0.683. The number of esters is 1. The van der Waals surface area contributed by atoms with Gasteiger partial charge in [-0.3, -0.25) is 5.32 Å². The van der Waals surface area contributed by atoms with Crippen LogP contribution < -0.4 is 5.32 Å². The molecule has 0 fully saturated rings. The maximum absolute atomic E-state index is 12.2. The van der Waals surface area contributed by atoms with Gasteiger partial charge in [0.05, 0.1) is 11.3 Å². The van der Waals surface area contributed by atoms with E-state index in [0.717, 1.165) is 0 Å². The number of carbonyl (C=O) groups excluding carboxylic acids is 2. The molecule has 1 rings (SSSR count). The molecule has 1 aromatic carbocycles. The standard InChI is InChI=1S/C16H23NO5/c1-15(2,3)21-13(19)11-8-7-10(18)9-12(11)17-14(20)22-16(4,5)6/h7-9,18H,1-6H3,(H,17,20). The third-order valence-corrected chi connectivity index (χ3v) is 2.26. The van der Waals surface area contributed by atoms with Crippen LogP contribution in [0.1, 0.15) is 51.9 Å². The van der Waals surface area contributed by atoms with Crippen LogP contribution in [0.25, 0.3) is 0 Å². The first-order valence-corrected chi connectivity index (χ1v) is 6.94. The quantitative estimate of drug-likeness (QED) is 0.814. The molecular formula is C16H23NO5. The summed E-state index contributed by atoms with van der Waals surface area (Å²) in [6.07, 6.45) is -0.720. The molecule has 2 N–H and O–H groups in total. The Labute approximate surface area is 130 Å². The van der Waals surface area contributed by atoms with Gasteiger partial charge in [-0.25, -0.2) is 9.59 Å². The molecule has 0 unspecified atom stereocenters. The molecule has 0 atom stereocenters. The van der Waals surface area contributed by atoms with Crippen molar-refractivity contribution in [3.05, 3.63) is 23.8 Å². The van der Waals surface area contributed by atoms with Crippen LogP contribution in [-0.2, 0) is 9.47 Å². The van der Waals surface area contributed by atoms with Gasteiger partial charge in [0.15, 0.2) is 0 Å². The first kappa shape index (κ1) is 17.8.